The number of carbonyl (C=O) groups excluding carboxylic acids is 3. The second kappa shape index (κ2) is 58.5. The van der Waals surface area contributed by atoms with Crippen molar-refractivity contribution < 1.29 is 28.6 Å². The van der Waals surface area contributed by atoms with Gasteiger partial charge in [-0.3, -0.25) is 14.4 Å². The minimum absolute atomic E-state index is 0.0698. The van der Waals surface area contributed by atoms with Crippen molar-refractivity contribution in [3.63, 3.8) is 0 Å². The van der Waals surface area contributed by atoms with Gasteiger partial charge in [0.05, 0.1) is 0 Å². The largest absolute Gasteiger partial charge is 0.462 e. The van der Waals surface area contributed by atoms with Gasteiger partial charge in [0.15, 0.2) is 6.10 Å². The van der Waals surface area contributed by atoms with E-state index >= 15 is 0 Å². The third-order valence-electron chi connectivity index (χ3n) is 13.9. The zero-order chi connectivity index (χ0) is 50.0. The molecule has 1 unspecified atom stereocenters. The Bertz CT molecular complexity index is 1110. The van der Waals surface area contributed by atoms with E-state index in [1.54, 1.807) is 0 Å². The molecule has 0 aliphatic heterocycles. The van der Waals surface area contributed by atoms with Gasteiger partial charge in [0, 0.05) is 19.3 Å². The molecule has 0 bridgehead atoms. The Morgan fingerprint density at radius 3 is 0.855 bits per heavy atom. The minimum atomic E-state index is -0.772. The summed E-state index contributed by atoms with van der Waals surface area (Å²) in [5.41, 5.74) is 0. The predicted octanol–water partition coefficient (Wildman–Crippen LogP) is 20.7. The molecule has 1 atom stereocenters. The summed E-state index contributed by atoms with van der Waals surface area (Å²) < 4.78 is 16.9. The quantitative estimate of drug-likeness (QED) is 0.0261. The van der Waals surface area contributed by atoms with Crippen LogP contribution in [0.5, 0.6) is 0 Å². The SMILES string of the molecule is CCC/C=C\C/C=C\CCCCCCCC(=O)OCC(COC(=O)CCCCCCCCCCCCCCCCCCCCC)OC(=O)CCCCCCCCCCCCCCCCCCCCC. The van der Waals surface area contributed by atoms with E-state index in [0.717, 1.165) is 83.5 Å². The van der Waals surface area contributed by atoms with Crippen LogP contribution in [0, 0.1) is 0 Å². The van der Waals surface area contributed by atoms with Gasteiger partial charge < -0.3 is 14.2 Å². The monoisotopic (exact) mass is 971 g/mol. The number of unbranched alkanes of at least 4 members (excludes halogenated alkanes) is 42. The lowest BCUT2D eigenvalue weighted by molar-refractivity contribution is -0.167. The summed E-state index contributed by atoms with van der Waals surface area (Å²) in [7, 11) is 0. The molecule has 0 aromatic heterocycles. The smallest absolute Gasteiger partial charge is 0.306 e. The van der Waals surface area contributed by atoms with Gasteiger partial charge in [-0.25, -0.2) is 0 Å². The van der Waals surface area contributed by atoms with E-state index in [4.69, 9.17) is 14.2 Å². The highest BCUT2D eigenvalue weighted by Gasteiger charge is 2.19. The van der Waals surface area contributed by atoms with Gasteiger partial charge >= 0.3 is 17.9 Å². The number of allylic oxidation sites excluding steroid dienone is 4. The summed E-state index contributed by atoms with van der Waals surface area (Å²) in [5.74, 6) is -0.859. The van der Waals surface area contributed by atoms with E-state index in [1.165, 1.54) is 218 Å². The van der Waals surface area contributed by atoms with Gasteiger partial charge in [0.1, 0.15) is 13.2 Å². The van der Waals surface area contributed by atoms with E-state index in [1.807, 2.05) is 0 Å². The Morgan fingerprint density at radius 1 is 0.290 bits per heavy atom. The van der Waals surface area contributed by atoms with Crippen LogP contribution in [0.1, 0.15) is 342 Å². The zero-order valence-electron chi connectivity index (χ0n) is 46.6. The number of ether oxygens (including phenoxy) is 3. The van der Waals surface area contributed by atoms with Crippen molar-refractivity contribution in [2.45, 2.75) is 348 Å². The van der Waals surface area contributed by atoms with Crippen molar-refractivity contribution in [1.29, 1.82) is 0 Å². The molecule has 0 radical (unpaired) electrons. The first kappa shape index (κ1) is 66.9. The summed E-state index contributed by atoms with van der Waals surface area (Å²) in [4.78, 5) is 38.2. The lowest BCUT2D eigenvalue weighted by Crippen LogP contribution is -2.30. The number of esters is 3. The Balaban J connectivity index is 4.28. The summed E-state index contributed by atoms with van der Waals surface area (Å²) in [6, 6.07) is 0. The lowest BCUT2D eigenvalue weighted by Gasteiger charge is -2.18. The van der Waals surface area contributed by atoms with E-state index in [2.05, 4.69) is 45.1 Å². The maximum absolute atomic E-state index is 12.9. The first-order chi connectivity index (χ1) is 34.0. The van der Waals surface area contributed by atoms with Crippen molar-refractivity contribution in [2.75, 3.05) is 13.2 Å². The van der Waals surface area contributed by atoms with Crippen LogP contribution in [0.2, 0.25) is 0 Å². The molecule has 0 saturated heterocycles. The maximum Gasteiger partial charge on any atom is 0.306 e. The number of hydrogen-bond donors (Lipinski definition) is 0. The molecule has 0 aliphatic carbocycles. The molecule has 6 heteroatoms. The Morgan fingerprint density at radius 2 is 0.551 bits per heavy atom. The van der Waals surface area contributed by atoms with Crippen LogP contribution in [-0.4, -0.2) is 37.2 Å². The molecule has 0 heterocycles. The maximum atomic E-state index is 12.9. The molecule has 0 aromatic carbocycles. The summed E-state index contributed by atoms with van der Waals surface area (Å²) in [6.45, 7) is 6.63. The highest BCUT2D eigenvalue weighted by atomic mass is 16.6. The molecule has 0 aliphatic rings. The molecule has 6 nitrogen and oxygen atoms in total. The molecule has 0 rings (SSSR count). The average molecular weight is 972 g/mol. The van der Waals surface area contributed by atoms with E-state index in [0.29, 0.717) is 19.3 Å². The first-order valence-electron chi connectivity index (χ1n) is 30.8. The molecule has 0 aromatic rings. The highest BCUT2D eigenvalue weighted by Crippen LogP contribution is 2.18. The minimum Gasteiger partial charge on any atom is -0.462 e. The third-order valence-corrected chi connectivity index (χ3v) is 13.9. The lowest BCUT2D eigenvalue weighted by atomic mass is 10.0. The molecule has 406 valence electrons. The van der Waals surface area contributed by atoms with Crippen LogP contribution in [0.4, 0.5) is 0 Å². The van der Waals surface area contributed by atoms with E-state index in [9.17, 15) is 14.4 Å². The van der Waals surface area contributed by atoms with Crippen LogP contribution in [0.3, 0.4) is 0 Å². The summed E-state index contributed by atoms with van der Waals surface area (Å²) >= 11 is 0. The Hall–Kier alpha value is -2.11. The second-order valence-electron chi connectivity index (χ2n) is 21.0. The van der Waals surface area contributed by atoms with Gasteiger partial charge in [0.25, 0.3) is 0 Å². The van der Waals surface area contributed by atoms with Crippen molar-refractivity contribution in [3.05, 3.63) is 24.3 Å². The van der Waals surface area contributed by atoms with Crippen LogP contribution < -0.4 is 0 Å². The topological polar surface area (TPSA) is 78.9 Å². The first-order valence-corrected chi connectivity index (χ1v) is 30.8. The van der Waals surface area contributed by atoms with Crippen molar-refractivity contribution in [3.8, 4) is 0 Å². The van der Waals surface area contributed by atoms with Crippen LogP contribution >= 0.6 is 0 Å². The van der Waals surface area contributed by atoms with Crippen LogP contribution in [0.15, 0.2) is 24.3 Å². The fourth-order valence-corrected chi connectivity index (χ4v) is 9.31. The third kappa shape index (κ3) is 56.7. The standard InChI is InChI=1S/C63H118O6/c1-4-7-10-13-16-19-22-25-27-29-31-33-35-38-41-44-47-50-53-56-62(65)68-59-60(58-67-61(64)55-52-49-46-43-40-37-24-21-18-15-12-9-6-3)69-63(66)57-54-51-48-45-42-39-36-34-32-30-28-26-23-20-17-14-11-8-5-2/h12,15,21,24,60H,4-11,13-14,16-20,22-23,25-59H2,1-3H3/b15-12-,24-21-. The van der Waals surface area contributed by atoms with Gasteiger partial charge in [-0.2, -0.15) is 0 Å². The molecular formula is C63H118O6. The van der Waals surface area contributed by atoms with E-state index in [-0.39, 0.29) is 31.1 Å². The van der Waals surface area contributed by atoms with Crippen molar-refractivity contribution >= 4 is 17.9 Å². The average Bonchev–Trinajstić information content (AvgIpc) is 3.35. The molecule has 0 N–H and O–H groups in total. The number of hydrogen-bond acceptors (Lipinski definition) is 6. The Kier molecular flexibility index (Phi) is 56.7. The van der Waals surface area contributed by atoms with Crippen molar-refractivity contribution in [1.82, 2.24) is 0 Å². The molecule has 69 heavy (non-hydrogen) atoms. The Labute approximate surface area is 430 Å². The fraction of sp³-hybridized carbons (Fsp3) is 0.889. The van der Waals surface area contributed by atoms with Crippen molar-refractivity contribution in [2.24, 2.45) is 0 Å². The number of carbonyl (C=O) groups is 3. The molecule has 0 saturated carbocycles. The summed E-state index contributed by atoms with van der Waals surface area (Å²) in [6.07, 6.45) is 68.9. The normalized spacial score (nSPS) is 12.1. The molecule has 0 fully saturated rings. The molecular weight excluding hydrogens is 853 g/mol. The van der Waals surface area contributed by atoms with Gasteiger partial charge in [0.2, 0.25) is 0 Å². The number of rotatable bonds is 57. The van der Waals surface area contributed by atoms with Gasteiger partial charge in [-0.05, 0) is 44.9 Å². The van der Waals surface area contributed by atoms with Gasteiger partial charge in [-0.15, -0.1) is 0 Å². The van der Waals surface area contributed by atoms with Crippen LogP contribution in [0.25, 0.3) is 0 Å². The second-order valence-corrected chi connectivity index (χ2v) is 21.0. The molecule has 0 amide bonds. The predicted molar refractivity (Wildman–Crippen MR) is 298 cm³/mol. The summed E-state index contributed by atoms with van der Waals surface area (Å²) in [5, 5.41) is 0. The van der Waals surface area contributed by atoms with E-state index < -0.39 is 6.10 Å². The molecule has 0 spiro atoms. The van der Waals surface area contributed by atoms with Crippen LogP contribution in [-0.2, 0) is 28.6 Å². The van der Waals surface area contributed by atoms with Gasteiger partial charge in [-0.1, -0.05) is 302 Å². The fourth-order valence-electron chi connectivity index (χ4n) is 9.31. The zero-order valence-corrected chi connectivity index (χ0v) is 46.6. The highest BCUT2D eigenvalue weighted by molar-refractivity contribution is 5.71.